The third-order valence-electron chi connectivity index (χ3n) is 3.99. The van der Waals surface area contributed by atoms with E-state index in [-0.39, 0.29) is 6.04 Å². The van der Waals surface area contributed by atoms with Crippen molar-refractivity contribution in [3.8, 4) is 5.75 Å². The third kappa shape index (κ3) is 4.48. The molecular formula is C16H22N2O3. The van der Waals surface area contributed by atoms with E-state index in [0.717, 1.165) is 25.7 Å². The standard InChI is InChI=1S/C16H22N2O3/c1-16(2)8-6-12(7-9-16)18-15(20)21-13-5-3-4-11(10-13)14(17)19/h3-5,10,12H,6-9H2,1-2H3,(H2,17,19)(H,18,20). The predicted octanol–water partition coefficient (Wildman–Crippen LogP) is 2.84. The number of ether oxygens (including phenoxy) is 1. The van der Waals surface area contributed by atoms with Gasteiger partial charge < -0.3 is 15.8 Å². The Kier molecular flexibility index (Phi) is 4.50. The van der Waals surface area contributed by atoms with Crippen molar-refractivity contribution in [3.63, 3.8) is 0 Å². The van der Waals surface area contributed by atoms with Crippen molar-refractivity contribution in [2.24, 2.45) is 11.1 Å². The van der Waals surface area contributed by atoms with Gasteiger partial charge in [-0.3, -0.25) is 4.79 Å². The number of rotatable bonds is 3. The summed E-state index contributed by atoms with van der Waals surface area (Å²) in [6.45, 7) is 4.49. The molecule has 5 heteroatoms. The maximum absolute atomic E-state index is 11.9. The van der Waals surface area contributed by atoms with E-state index in [1.165, 1.54) is 6.07 Å². The van der Waals surface area contributed by atoms with Crippen molar-refractivity contribution in [2.45, 2.75) is 45.6 Å². The summed E-state index contributed by atoms with van der Waals surface area (Å²) in [4.78, 5) is 23.0. The number of benzene rings is 1. The molecule has 0 radical (unpaired) electrons. The van der Waals surface area contributed by atoms with Crippen LogP contribution in [0, 0.1) is 5.41 Å². The highest BCUT2D eigenvalue weighted by atomic mass is 16.6. The number of carbonyl (C=O) groups is 2. The van der Waals surface area contributed by atoms with Gasteiger partial charge in [0.05, 0.1) is 0 Å². The molecular weight excluding hydrogens is 268 g/mol. The highest BCUT2D eigenvalue weighted by molar-refractivity contribution is 5.93. The Morgan fingerprint density at radius 1 is 1.29 bits per heavy atom. The van der Waals surface area contributed by atoms with E-state index >= 15 is 0 Å². The molecule has 0 aliphatic heterocycles. The quantitative estimate of drug-likeness (QED) is 0.898. The summed E-state index contributed by atoms with van der Waals surface area (Å²) in [6.07, 6.45) is 3.62. The molecule has 1 aliphatic carbocycles. The zero-order chi connectivity index (χ0) is 15.5. The Morgan fingerprint density at radius 2 is 1.95 bits per heavy atom. The Labute approximate surface area is 124 Å². The zero-order valence-corrected chi connectivity index (χ0v) is 12.5. The van der Waals surface area contributed by atoms with Crippen LogP contribution in [0.1, 0.15) is 49.9 Å². The van der Waals surface area contributed by atoms with Gasteiger partial charge in [-0.05, 0) is 49.3 Å². The average molecular weight is 290 g/mol. The van der Waals surface area contributed by atoms with Gasteiger partial charge in [0.25, 0.3) is 0 Å². The fourth-order valence-corrected chi connectivity index (χ4v) is 2.56. The molecule has 1 fully saturated rings. The molecule has 0 atom stereocenters. The molecule has 0 saturated heterocycles. The predicted molar refractivity (Wildman–Crippen MR) is 80.2 cm³/mol. The minimum atomic E-state index is -0.546. The smallest absolute Gasteiger partial charge is 0.410 e. The molecule has 1 aromatic carbocycles. The molecule has 3 N–H and O–H groups in total. The molecule has 0 heterocycles. The van der Waals surface area contributed by atoms with Crippen molar-refractivity contribution >= 4 is 12.0 Å². The molecule has 0 bridgehead atoms. The van der Waals surface area contributed by atoms with Gasteiger partial charge in [0, 0.05) is 11.6 Å². The highest BCUT2D eigenvalue weighted by Gasteiger charge is 2.27. The van der Waals surface area contributed by atoms with Gasteiger partial charge in [0.2, 0.25) is 5.91 Å². The van der Waals surface area contributed by atoms with Crippen LogP contribution in [-0.2, 0) is 0 Å². The molecule has 1 aromatic rings. The van der Waals surface area contributed by atoms with E-state index in [2.05, 4.69) is 19.2 Å². The molecule has 1 aliphatic rings. The van der Waals surface area contributed by atoms with E-state index < -0.39 is 12.0 Å². The average Bonchev–Trinajstić information content (AvgIpc) is 2.41. The summed E-state index contributed by atoms with van der Waals surface area (Å²) >= 11 is 0. The third-order valence-corrected chi connectivity index (χ3v) is 3.99. The van der Waals surface area contributed by atoms with E-state index in [4.69, 9.17) is 10.5 Å². The van der Waals surface area contributed by atoms with Crippen LogP contribution in [0.5, 0.6) is 5.75 Å². The first kappa shape index (κ1) is 15.4. The Balaban J connectivity index is 1.88. The maximum atomic E-state index is 11.9. The summed E-state index contributed by atoms with van der Waals surface area (Å²) in [5.41, 5.74) is 5.87. The number of hydrogen-bond acceptors (Lipinski definition) is 3. The molecule has 0 spiro atoms. The van der Waals surface area contributed by atoms with Crippen molar-refractivity contribution in [1.82, 2.24) is 5.32 Å². The molecule has 1 saturated carbocycles. The number of primary amides is 1. The lowest BCUT2D eigenvalue weighted by molar-refractivity contribution is 0.0999. The van der Waals surface area contributed by atoms with Crippen LogP contribution in [0.15, 0.2) is 24.3 Å². The van der Waals surface area contributed by atoms with Crippen LogP contribution in [0.3, 0.4) is 0 Å². The summed E-state index contributed by atoms with van der Waals surface area (Å²) < 4.78 is 5.20. The van der Waals surface area contributed by atoms with Gasteiger partial charge in [0.15, 0.2) is 0 Å². The van der Waals surface area contributed by atoms with Crippen LogP contribution < -0.4 is 15.8 Å². The SMILES string of the molecule is CC1(C)CCC(NC(=O)Oc2cccc(C(N)=O)c2)CC1. The normalized spacial score (nSPS) is 18.0. The fraction of sp³-hybridized carbons (Fsp3) is 0.500. The second-order valence-corrected chi connectivity index (χ2v) is 6.36. The summed E-state index contributed by atoms with van der Waals surface area (Å²) in [5.74, 6) is -0.227. The number of nitrogens with one attached hydrogen (secondary N) is 1. The van der Waals surface area contributed by atoms with Crippen LogP contribution in [0.2, 0.25) is 0 Å². The van der Waals surface area contributed by atoms with Gasteiger partial charge >= 0.3 is 6.09 Å². The number of amides is 2. The van der Waals surface area contributed by atoms with Crippen LogP contribution in [0.4, 0.5) is 4.79 Å². The monoisotopic (exact) mass is 290 g/mol. The molecule has 21 heavy (non-hydrogen) atoms. The first-order valence-electron chi connectivity index (χ1n) is 7.24. The van der Waals surface area contributed by atoms with Crippen molar-refractivity contribution in [3.05, 3.63) is 29.8 Å². The van der Waals surface area contributed by atoms with E-state index in [9.17, 15) is 9.59 Å². The van der Waals surface area contributed by atoms with Crippen LogP contribution >= 0.6 is 0 Å². The Hall–Kier alpha value is -2.04. The molecule has 2 amide bonds. The van der Waals surface area contributed by atoms with E-state index in [1.54, 1.807) is 18.2 Å². The van der Waals surface area contributed by atoms with Gasteiger partial charge in [-0.1, -0.05) is 19.9 Å². The molecule has 0 unspecified atom stereocenters. The number of hydrogen-bond donors (Lipinski definition) is 2. The lowest BCUT2D eigenvalue weighted by Crippen LogP contribution is -2.40. The maximum Gasteiger partial charge on any atom is 0.412 e. The number of carbonyl (C=O) groups excluding carboxylic acids is 2. The summed E-state index contributed by atoms with van der Waals surface area (Å²) in [6, 6.07) is 6.45. The van der Waals surface area contributed by atoms with Crippen LogP contribution in [0.25, 0.3) is 0 Å². The molecule has 5 nitrogen and oxygen atoms in total. The first-order chi connectivity index (χ1) is 9.85. The van der Waals surface area contributed by atoms with Crippen molar-refractivity contribution in [1.29, 1.82) is 0 Å². The second kappa shape index (κ2) is 6.16. The molecule has 0 aromatic heterocycles. The first-order valence-corrected chi connectivity index (χ1v) is 7.24. The van der Waals surface area contributed by atoms with E-state index in [1.807, 2.05) is 0 Å². The van der Waals surface area contributed by atoms with Gasteiger partial charge in [-0.2, -0.15) is 0 Å². The van der Waals surface area contributed by atoms with Gasteiger partial charge in [-0.15, -0.1) is 0 Å². The second-order valence-electron chi connectivity index (χ2n) is 6.36. The van der Waals surface area contributed by atoms with Crippen molar-refractivity contribution < 1.29 is 14.3 Å². The lowest BCUT2D eigenvalue weighted by atomic mass is 9.76. The van der Waals surface area contributed by atoms with Crippen LogP contribution in [-0.4, -0.2) is 18.0 Å². The zero-order valence-electron chi connectivity index (χ0n) is 12.5. The number of nitrogens with two attached hydrogens (primary N) is 1. The minimum absolute atomic E-state index is 0.157. The highest BCUT2D eigenvalue weighted by Crippen LogP contribution is 2.35. The fourth-order valence-electron chi connectivity index (χ4n) is 2.56. The molecule has 114 valence electrons. The topological polar surface area (TPSA) is 81.4 Å². The van der Waals surface area contributed by atoms with Crippen molar-refractivity contribution in [2.75, 3.05) is 0 Å². The minimum Gasteiger partial charge on any atom is -0.410 e. The molecule has 2 rings (SSSR count). The lowest BCUT2D eigenvalue weighted by Gasteiger charge is -2.34. The van der Waals surface area contributed by atoms with E-state index in [0.29, 0.717) is 16.7 Å². The van der Waals surface area contributed by atoms with Gasteiger partial charge in [0.1, 0.15) is 5.75 Å². The summed E-state index contributed by atoms with van der Waals surface area (Å²) in [5, 5.41) is 2.88. The van der Waals surface area contributed by atoms with Gasteiger partial charge in [-0.25, -0.2) is 4.79 Å². The largest absolute Gasteiger partial charge is 0.412 e. The summed E-state index contributed by atoms with van der Waals surface area (Å²) in [7, 11) is 0. The Bertz CT molecular complexity index is 530. The Morgan fingerprint density at radius 3 is 2.57 bits per heavy atom.